The smallest absolute Gasteiger partial charge is 0.324 e. The van der Waals surface area contributed by atoms with E-state index in [-0.39, 0.29) is 0 Å². The molecule has 3 rings (SSSR count). The van der Waals surface area contributed by atoms with Crippen LogP contribution in [-0.2, 0) is 0 Å². The fraction of sp³-hybridized carbons (Fsp3) is 0.100. The third kappa shape index (κ3) is 4.95. The number of benzene rings is 3. The number of hydrogen-bond donors (Lipinski definition) is 3. The Labute approximate surface area is 151 Å². The van der Waals surface area contributed by atoms with Gasteiger partial charge in [0, 0.05) is 0 Å². The Morgan fingerprint density at radius 2 is 0.840 bits per heavy atom. The fourth-order valence-corrected chi connectivity index (χ4v) is 7.08. The molecule has 0 amide bonds. The highest BCUT2D eigenvalue weighted by Gasteiger charge is 2.43. The highest BCUT2D eigenvalue weighted by atomic mass is 31.2. The van der Waals surface area contributed by atoms with Crippen molar-refractivity contribution in [1.29, 1.82) is 0 Å². The van der Waals surface area contributed by atoms with Gasteiger partial charge in [-0.25, -0.2) is 0 Å². The summed E-state index contributed by atoms with van der Waals surface area (Å²) in [5.41, 5.74) is 0. The molecule has 3 N–H and O–H groups in total. The van der Waals surface area contributed by atoms with Crippen LogP contribution in [0.5, 0.6) is 0 Å². The third-order valence-corrected chi connectivity index (χ3v) is 8.55. The maximum Gasteiger partial charge on any atom is 0.324 e. The largest absolute Gasteiger partial charge is 0.328 e. The van der Waals surface area contributed by atoms with Crippen LogP contribution in [0.2, 0.25) is 0 Å². The van der Waals surface area contributed by atoms with E-state index >= 15 is 0 Å². The Hall–Kier alpha value is -1.60. The van der Waals surface area contributed by atoms with Gasteiger partial charge in [0.05, 0.1) is 6.16 Å². The average Bonchev–Trinajstić information content (AvgIpc) is 2.65. The van der Waals surface area contributed by atoms with Crippen LogP contribution in [0.25, 0.3) is 0 Å². The Morgan fingerprint density at radius 1 is 0.600 bits per heavy atom. The van der Waals surface area contributed by atoms with E-state index in [9.17, 15) is 0 Å². The highest BCUT2D eigenvalue weighted by molar-refractivity contribution is 7.95. The van der Waals surface area contributed by atoms with Crippen molar-refractivity contribution in [3.8, 4) is 0 Å². The zero-order chi connectivity index (χ0) is 18.1. The number of rotatable bonds is 4. The average molecular weight is 373 g/mol. The monoisotopic (exact) mass is 373 g/mol. The van der Waals surface area contributed by atoms with Crippen LogP contribution >= 0.6 is 15.9 Å². The molecule has 0 saturated heterocycles. The Kier molecular flexibility index (Phi) is 7.71. The van der Waals surface area contributed by atoms with E-state index in [1.54, 1.807) is 0 Å². The van der Waals surface area contributed by atoms with Crippen LogP contribution in [0, 0.1) is 0 Å². The lowest BCUT2D eigenvalue weighted by molar-refractivity contribution is 0.368. The molecule has 0 saturated carbocycles. The normalized spacial score (nSPS) is 10.9. The lowest BCUT2D eigenvalue weighted by Crippen LogP contribution is -2.32. The van der Waals surface area contributed by atoms with E-state index in [1.807, 2.05) is 0 Å². The summed E-state index contributed by atoms with van der Waals surface area (Å²) < 4.78 is 0. The Morgan fingerprint density at radius 3 is 1.04 bits per heavy atom. The first-order chi connectivity index (χ1) is 12.1. The Bertz CT molecular complexity index is 635. The van der Waals surface area contributed by atoms with E-state index in [1.165, 1.54) is 15.9 Å². The van der Waals surface area contributed by atoms with Gasteiger partial charge in [0.2, 0.25) is 0 Å². The van der Waals surface area contributed by atoms with Gasteiger partial charge in [0.25, 0.3) is 0 Å². The molecule has 3 aromatic rings. The summed E-state index contributed by atoms with van der Waals surface area (Å²) >= 11 is 0. The topological polar surface area (TPSA) is 60.7 Å². The maximum absolute atomic E-state index is 7.23. The van der Waals surface area contributed by atoms with Crippen molar-refractivity contribution < 1.29 is 14.7 Å². The van der Waals surface area contributed by atoms with Crippen molar-refractivity contribution >= 4 is 31.8 Å². The summed E-state index contributed by atoms with van der Waals surface area (Å²) in [6.45, 7) is 2.32. The second-order valence-electron chi connectivity index (χ2n) is 5.40. The van der Waals surface area contributed by atoms with Crippen LogP contribution in [0.15, 0.2) is 91.0 Å². The van der Waals surface area contributed by atoms with Crippen LogP contribution in [0.1, 0.15) is 6.92 Å². The van der Waals surface area contributed by atoms with Crippen molar-refractivity contribution in [1.82, 2.24) is 0 Å². The van der Waals surface area contributed by atoms with Crippen molar-refractivity contribution in [3.63, 3.8) is 0 Å². The zero-order valence-corrected chi connectivity index (χ0v) is 15.9. The van der Waals surface area contributed by atoms with Gasteiger partial charge in [0.1, 0.15) is 23.2 Å². The summed E-state index contributed by atoms with van der Waals surface area (Å²) in [5, 5.41) is 4.39. The van der Waals surface area contributed by atoms with Crippen LogP contribution in [0.3, 0.4) is 0 Å². The van der Waals surface area contributed by atoms with Crippen molar-refractivity contribution in [2.45, 2.75) is 6.92 Å². The Balaban J connectivity index is 0.000000511. The lowest BCUT2D eigenvalue weighted by Gasteiger charge is -2.26. The van der Waals surface area contributed by atoms with Crippen molar-refractivity contribution in [3.05, 3.63) is 91.0 Å². The molecule has 130 valence electrons. The van der Waals surface area contributed by atoms with Gasteiger partial charge in [-0.1, -0.05) is 54.6 Å². The SMILES string of the molecule is CC[P+](c1ccccc1)(c1ccccc1)c1ccccc1.OP(O)O. The third-order valence-electron chi connectivity index (χ3n) is 4.07. The minimum atomic E-state index is -2.62. The van der Waals surface area contributed by atoms with Gasteiger partial charge < -0.3 is 14.7 Å². The van der Waals surface area contributed by atoms with Gasteiger partial charge in [-0.05, 0) is 43.3 Å². The molecule has 0 aliphatic carbocycles. The maximum atomic E-state index is 7.23. The predicted octanol–water partition coefficient (Wildman–Crippen LogP) is 3.19. The van der Waals surface area contributed by atoms with Gasteiger partial charge in [0.15, 0.2) is 0 Å². The molecular weight excluding hydrogens is 350 g/mol. The first kappa shape index (κ1) is 19.7. The summed E-state index contributed by atoms with van der Waals surface area (Å²) in [4.78, 5) is 21.7. The van der Waals surface area contributed by atoms with Crippen LogP contribution < -0.4 is 15.9 Å². The predicted molar refractivity (Wildman–Crippen MR) is 109 cm³/mol. The zero-order valence-electron chi connectivity index (χ0n) is 14.1. The quantitative estimate of drug-likeness (QED) is 0.616. The molecule has 5 heteroatoms. The molecule has 0 spiro atoms. The fourth-order valence-electron chi connectivity index (χ4n) is 3.04. The van der Waals surface area contributed by atoms with E-state index in [4.69, 9.17) is 14.7 Å². The van der Waals surface area contributed by atoms with Gasteiger partial charge in [-0.3, -0.25) is 0 Å². The first-order valence-electron chi connectivity index (χ1n) is 8.03. The molecule has 0 aliphatic rings. The molecule has 3 aromatic carbocycles. The minimum Gasteiger partial charge on any atom is -0.328 e. The van der Waals surface area contributed by atoms with Crippen LogP contribution in [-0.4, -0.2) is 20.8 Å². The van der Waals surface area contributed by atoms with E-state index in [2.05, 4.69) is 97.9 Å². The molecular formula is C20H23O3P2+. The summed E-state index contributed by atoms with van der Waals surface area (Å²) in [6, 6.07) is 33.0. The molecule has 0 aliphatic heterocycles. The first-order valence-corrected chi connectivity index (χ1v) is 11.2. The highest BCUT2D eigenvalue weighted by Crippen LogP contribution is 2.54. The number of hydrogen-bond acceptors (Lipinski definition) is 3. The van der Waals surface area contributed by atoms with Crippen molar-refractivity contribution in [2.75, 3.05) is 6.16 Å². The summed E-state index contributed by atoms with van der Waals surface area (Å²) in [7, 11) is -4.15. The van der Waals surface area contributed by atoms with E-state index in [0.717, 1.165) is 6.16 Å². The summed E-state index contributed by atoms with van der Waals surface area (Å²) in [6.07, 6.45) is 1.14. The lowest BCUT2D eigenvalue weighted by atomic mass is 10.4. The van der Waals surface area contributed by atoms with Crippen molar-refractivity contribution in [2.24, 2.45) is 0 Å². The molecule has 0 bridgehead atoms. The second kappa shape index (κ2) is 9.77. The molecule has 0 radical (unpaired) electrons. The summed E-state index contributed by atoms with van der Waals surface area (Å²) in [5.74, 6) is 0. The molecule has 0 atom stereocenters. The standard InChI is InChI=1S/C20H20P.H3O3P/c1-2-21(18-12-6-3-7-13-18,19-14-8-4-9-15-19)20-16-10-5-11-17-20;1-4(2)3/h3-17H,2H2,1H3;1-3H/q+1;. The minimum absolute atomic E-state index is 1.14. The van der Waals surface area contributed by atoms with Crippen LogP contribution in [0.4, 0.5) is 0 Å². The van der Waals surface area contributed by atoms with Gasteiger partial charge >= 0.3 is 8.60 Å². The molecule has 25 heavy (non-hydrogen) atoms. The molecule has 3 nitrogen and oxygen atoms in total. The van der Waals surface area contributed by atoms with Gasteiger partial charge in [-0.15, -0.1) is 0 Å². The molecule has 0 heterocycles. The second-order valence-corrected chi connectivity index (χ2v) is 9.74. The van der Waals surface area contributed by atoms with Gasteiger partial charge in [-0.2, -0.15) is 0 Å². The molecule has 0 unspecified atom stereocenters. The van der Waals surface area contributed by atoms with E-state index < -0.39 is 15.9 Å². The van der Waals surface area contributed by atoms with E-state index in [0.29, 0.717) is 0 Å². The molecule has 0 aromatic heterocycles. The molecule has 0 fully saturated rings.